The van der Waals surface area contributed by atoms with Crippen LogP contribution in [-0.4, -0.2) is 28.2 Å². The zero-order valence-corrected chi connectivity index (χ0v) is 26.3. The number of carbonyl (C=O) groups is 1. The maximum Gasteiger partial charge on any atom is 0.129 e. The molecule has 0 aromatic heterocycles. The number of unbranched alkanes of at least 4 members (excludes halogenated alkanes) is 1. The predicted octanol–water partition coefficient (Wildman–Crippen LogP) is 4.91. The van der Waals surface area contributed by atoms with Crippen molar-refractivity contribution in [3.8, 4) is 0 Å². The zero-order chi connectivity index (χ0) is 18.9. The van der Waals surface area contributed by atoms with E-state index in [-0.39, 0.29) is 26.2 Å². The quantitative estimate of drug-likeness (QED) is 0.149. The van der Waals surface area contributed by atoms with Crippen molar-refractivity contribution in [1.82, 2.24) is 0 Å². The van der Waals surface area contributed by atoms with E-state index in [1.54, 1.807) is 25.2 Å². The van der Waals surface area contributed by atoms with Crippen LogP contribution in [0.1, 0.15) is 65.7 Å². The third-order valence-corrected chi connectivity index (χ3v) is 4.01. The number of Topliss-reactive ketones (excluding diaryl/α,β-unsaturated/α-hetero) is 1. The van der Waals surface area contributed by atoms with Gasteiger partial charge in [-0.1, -0.05) is 68.9 Å². The third-order valence-electron chi connectivity index (χ3n) is 4.01. The first kappa shape index (κ1) is 30.0. The Labute approximate surface area is 173 Å². The molecule has 0 aliphatic rings. The Balaban J connectivity index is -0.00000288. The number of hydrogen-bond donors (Lipinski definition) is 2. The van der Waals surface area contributed by atoms with E-state index in [0.29, 0.717) is 25.2 Å². The maximum atomic E-state index is 10.8. The van der Waals surface area contributed by atoms with Crippen molar-refractivity contribution in [3.63, 3.8) is 0 Å². The molecule has 0 saturated carbocycles. The number of hydrogen-bond acceptors (Lipinski definition) is 3. The van der Waals surface area contributed by atoms with Crippen LogP contribution in [0, 0.1) is 5.92 Å². The minimum Gasteiger partial charge on any atom is -0.389 e. The molecule has 0 bridgehead atoms. The van der Waals surface area contributed by atoms with Crippen molar-refractivity contribution in [3.05, 3.63) is 48.6 Å². The van der Waals surface area contributed by atoms with Gasteiger partial charge in [-0.3, -0.25) is 0 Å². The van der Waals surface area contributed by atoms with Crippen LogP contribution in [0.2, 0.25) is 0 Å². The van der Waals surface area contributed by atoms with Gasteiger partial charge in [-0.25, -0.2) is 0 Å². The summed E-state index contributed by atoms with van der Waals surface area (Å²) in [5.41, 5.74) is 0. The average molecular weight is 802 g/mol. The smallest absolute Gasteiger partial charge is 0.129 e. The van der Waals surface area contributed by atoms with Crippen LogP contribution in [0.25, 0.3) is 0 Å². The van der Waals surface area contributed by atoms with E-state index in [1.165, 1.54) is 0 Å². The van der Waals surface area contributed by atoms with Crippen molar-refractivity contribution >= 4 is 5.78 Å². The van der Waals surface area contributed by atoms with Crippen molar-refractivity contribution < 1.29 is 35.4 Å². The van der Waals surface area contributed by atoms with Crippen LogP contribution in [0.5, 0.6) is 0 Å². The molecular formula is C22H36O3ReRf. The first-order valence-electron chi connectivity index (χ1n) is 9.49. The number of ketones is 1. The number of rotatable bonds is 14. The molecule has 0 fully saturated rings. The summed E-state index contributed by atoms with van der Waals surface area (Å²) in [6, 6.07) is 0. The summed E-state index contributed by atoms with van der Waals surface area (Å²) in [7, 11) is 0. The van der Waals surface area contributed by atoms with Gasteiger partial charge in [-0.2, -0.15) is 0 Å². The molecule has 1 radical (unpaired) electrons. The van der Waals surface area contributed by atoms with Gasteiger partial charge < -0.3 is 15.0 Å². The van der Waals surface area contributed by atoms with Crippen LogP contribution in [-0.2, 0) is 25.2 Å². The van der Waals surface area contributed by atoms with E-state index in [2.05, 4.69) is 26.0 Å². The molecule has 0 amide bonds. The molecular weight excluding hydrogens is 765 g/mol. The summed E-state index contributed by atoms with van der Waals surface area (Å²) in [6.45, 7) is 5.96. The fourth-order valence-corrected chi connectivity index (χ4v) is 2.18. The fraction of sp³-hybridized carbons (Fsp3) is 0.591. The molecule has 5 heteroatoms. The Kier molecular flexibility index (Phi) is 22.8. The maximum absolute atomic E-state index is 10.8. The molecule has 3 nitrogen and oxygen atoms in total. The second kappa shape index (κ2) is 20.5. The van der Waals surface area contributed by atoms with Crippen LogP contribution < -0.4 is 0 Å². The topological polar surface area (TPSA) is 57.5 Å². The second-order valence-electron chi connectivity index (χ2n) is 6.63. The van der Waals surface area contributed by atoms with Crippen LogP contribution in [0.3, 0.4) is 0 Å². The average Bonchev–Trinajstić information content (AvgIpc) is 2.57. The van der Waals surface area contributed by atoms with Gasteiger partial charge in [-0.05, 0) is 44.9 Å². The van der Waals surface area contributed by atoms with Gasteiger partial charge in [0.15, 0.2) is 0 Å². The van der Waals surface area contributed by atoms with E-state index in [9.17, 15) is 15.0 Å². The molecule has 0 heterocycles. The molecule has 151 valence electrons. The van der Waals surface area contributed by atoms with Gasteiger partial charge in [0.1, 0.15) is 5.78 Å². The van der Waals surface area contributed by atoms with Gasteiger partial charge in [0.05, 0.1) is 12.2 Å². The van der Waals surface area contributed by atoms with Gasteiger partial charge in [0.2, 0.25) is 0 Å². The minimum absolute atomic E-state index is 0. The first-order chi connectivity index (χ1) is 12.0. The molecule has 0 saturated heterocycles. The largest absolute Gasteiger partial charge is 0.389 e. The standard InChI is InChI=1S/C22H36O3.Re.Rf/c1-4-19(2)13-8-7-11-17-21(24)15-9-5-6-10-16-22(25)18-12-14-20(3)23;;/h5-6,8-10,13,15-16,19,21-22,24-25H,4,7,11-12,14,17-18H2,1-3H3;;/b6-5+,13-8+,15-9+,16-10-;;/t19-,21+,22-;;/m1../s1. The van der Waals surface area contributed by atoms with Crippen molar-refractivity contribution in [1.29, 1.82) is 0 Å². The summed E-state index contributed by atoms with van der Waals surface area (Å²) in [5.74, 6) is 0.793. The summed E-state index contributed by atoms with van der Waals surface area (Å²) < 4.78 is 0. The molecule has 0 aliphatic carbocycles. The molecule has 0 aromatic carbocycles. The van der Waals surface area contributed by atoms with Crippen LogP contribution in [0.4, 0.5) is 0 Å². The summed E-state index contributed by atoms with van der Waals surface area (Å²) in [4.78, 5) is 10.8. The molecule has 0 spiro atoms. The molecule has 3 atom stereocenters. The Morgan fingerprint density at radius 1 is 0.926 bits per heavy atom. The summed E-state index contributed by atoms with van der Waals surface area (Å²) in [5, 5.41) is 19.6. The second-order valence-corrected chi connectivity index (χ2v) is 6.63. The molecule has 0 aromatic rings. The third kappa shape index (κ3) is 22.2. The van der Waals surface area contributed by atoms with E-state index < -0.39 is 12.2 Å². The van der Waals surface area contributed by atoms with Crippen molar-refractivity contribution in [2.24, 2.45) is 5.92 Å². The van der Waals surface area contributed by atoms with Crippen LogP contribution in [0.15, 0.2) is 48.6 Å². The molecule has 0 unspecified atom stereocenters. The Hall–Kier alpha value is -1.79. The monoisotopic (exact) mass is 802 g/mol. The normalized spacial score (nSPS) is 15.1. The molecule has 0 rings (SSSR count). The van der Waals surface area contributed by atoms with Crippen molar-refractivity contribution in [2.45, 2.75) is 77.9 Å². The number of aliphatic hydroxyl groups excluding tert-OH is 2. The Morgan fingerprint density at radius 3 is 1.93 bits per heavy atom. The predicted molar refractivity (Wildman–Crippen MR) is 106 cm³/mol. The SMILES string of the molecule is CC[C@@H](C)/C=C/CCC[C@@H](O)/C=C/C=C/C=C\[C@@H](O)CCCC(C)=O.[Re].[Rf]. The van der Waals surface area contributed by atoms with Gasteiger partial charge in [-0.15, -0.1) is 0 Å². The van der Waals surface area contributed by atoms with E-state index in [1.807, 2.05) is 18.2 Å². The number of carbonyl (C=O) groups excluding carboxylic acids is 1. The van der Waals surface area contributed by atoms with Gasteiger partial charge in [0, 0.05) is 26.8 Å². The first-order valence-corrected chi connectivity index (χ1v) is 9.49. The molecule has 27 heavy (non-hydrogen) atoms. The fourth-order valence-electron chi connectivity index (χ4n) is 2.18. The van der Waals surface area contributed by atoms with E-state index in [0.717, 1.165) is 25.7 Å². The summed E-state index contributed by atoms with van der Waals surface area (Å²) >= 11 is 0. The number of aliphatic hydroxyl groups is 2. The molecule has 2 N–H and O–H groups in total. The summed E-state index contributed by atoms with van der Waals surface area (Å²) in [6.07, 6.45) is 20.0. The van der Waals surface area contributed by atoms with E-state index in [4.69, 9.17) is 0 Å². The van der Waals surface area contributed by atoms with E-state index >= 15 is 0 Å². The Morgan fingerprint density at radius 2 is 1.44 bits per heavy atom. The minimum atomic E-state index is -0.512. The van der Waals surface area contributed by atoms with Gasteiger partial charge in [0.25, 0.3) is 0 Å². The molecule has 0 aliphatic heterocycles. The Bertz CT molecular complexity index is 458. The number of allylic oxidation sites excluding steroid dienone is 6. The van der Waals surface area contributed by atoms with Gasteiger partial charge >= 0.3 is 0 Å². The van der Waals surface area contributed by atoms with Crippen molar-refractivity contribution in [2.75, 3.05) is 0 Å². The zero-order valence-electron chi connectivity index (χ0n) is 17.2. The van der Waals surface area contributed by atoms with Crippen LogP contribution >= 0.6 is 0 Å².